The summed E-state index contributed by atoms with van der Waals surface area (Å²) in [6.07, 6.45) is 0. The van der Waals surface area contributed by atoms with E-state index < -0.39 is 20.0 Å². The molecular formula is C18H22N2O5S2. The summed E-state index contributed by atoms with van der Waals surface area (Å²) in [5.41, 5.74) is 2.36. The number of ether oxygens (including phenoxy) is 1. The van der Waals surface area contributed by atoms with E-state index in [0.717, 1.165) is 11.1 Å². The van der Waals surface area contributed by atoms with Crippen LogP contribution in [0.1, 0.15) is 11.1 Å². The summed E-state index contributed by atoms with van der Waals surface area (Å²) in [5.74, 6) is 0. The van der Waals surface area contributed by atoms with Crippen molar-refractivity contribution in [2.45, 2.75) is 23.6 Å². The maximum Gasteiger partial charge on any atom is 0.261 e. The van der Waals surface area contributed by atoms with E-state index in [1.54, 1.807) is 12.1 Å². The molecule has 3 rings (SSSR count). The molecule has 9 heteroatoms. The molecule has 1 aliphatic rings. The summed E-state index contributed by atoms with van der Waals surface area (Å²) in [6, 6.07) is 10.7. The molecule has 1 saturated heterocycles. The van der Waals surface area contributed by atoms with Crippen molar-refractivity contribution in [1.82, 2.24) is 4.31 Å². The molecule has 0 bridgehead atoms. The largest absolute Gasteiger partial charge is 0.379 e. The summed E-state index contributed by atoms with van der Waals surface area (Å²) in [7, 11) is -7.47. The average molecular weight is 411 g/mol. The highest BCUT2D eigenvalue weighted by molar-refractivity contribution is 7.92. The lowest BCUT2D eigenvalue weighted by Gasteiger charge is -2.26. The van der Waals surface area contributed by atoms with E-state index in [4.69, 9.17) is 4.74 Å². The van der Waals surface area contributed by atoms with Crippen LogP contribution in [0.15, 0.2) is 52.3 Å². The topological polar surface area (TPSA) is 92.8 Å². The van der Waals surface area contributed by atoms with Gasteiger partial charge in [0.2, 0.25) is 10.0 Å². The highest BCUT2D eigenvalue weighted by atomic mass is 32.2. The number of morpholine rings is 1. The van der Waals surface area contributed by atoms with Crippen LogP contribution in [-0.4, -0.2) is 47.4 Å². The number of sulfonamides is 2. The molecule has 0 aliphatic carbocycles. The number of nitrogens with one attached hydrogen (secondary N) is 1. The van der Waals surface area contributed by atoms with Gasteiger partial charge in [0, 0.05) is 18.8 Å². The third-order valence-corrected chi connectivity index (χ3v) is 7.53. The Balaban J connectivity index is 1.83. The molecule has 0 atom stereocenters. The van der Waals surface area contributed by atoms with Crippen molar-refractivity contribution in [3.63, 3.8) is 0 Å². The van der Waals surface area contributed by atoms with Crippen LogP contribution in [0.3, 0.4) is 0 Å². The number of rotatable bonds is 5. The van der Waals surface area contributed by atoms with Crippen molar-refractivity contribution in [3.05, 3.63) is 53.6 Å². The SMILES string of the molecule is Cc1cc(C)cc(NS(=O)(=O)c2ccc(S(=O)(=O)N3CCOCC3)cc2)c1. The monoisotopic (exact) mass is 410 g/mol. The van der Waals surface area contributed by atoms with Crippen molar-refractivity contribution in [1.29, 1.82) is 0 Å². The van der Waals surface area contributed by atoms with Crippen LogP contribution in [0.2, 0.25) is 0 Å². The Hall–Kier alpha value is -1.94. The van der Waals surface area contributed by atoms with Crippen molar-refractivity contribution < 1.29 is 21.6 Å². The Bertz CT molecular complexity index is 1010. The highest BCUT2D eigenvalue weighted by Crippen LogP contribution is 2.22. The van der Waals surface area contributed by atoms with Crippen LogP contribution in [0.25, 0.3) is 0 Å². The predicted octanol–water partition coefficient (Wildman–Crippen LogP) is 2.13. The number of aryl methyl sites for hydroxylation is 2. The van der Waals surface area contributed by atoms with Crippen LogP contribution in [0.4, 0.5) is 5.69 Å². The first kappa shape index (κ1) is 19.8. The van der Waals surface area contributed by atoms with E-state index >= 15 is 0 Å². The maximum atomic E-state index is 12.6. The molecule has 27 heavy (non-hydrogen) atoms. The number of benzene rings is 2. The second kappa shape index (κ2) is 7.59. The minimum absolute atomic E-state index is 0.00240. The van der Waals surface area contributed by atoms with Gasteiger partial charge in [0.15, 0.2) is 0 Å². The zero-order valence-electron chi connectivity index (χ0n) is 15.2. The van der Waals surface area contributed by atoms with Crippen LogP contribution >= 0.6 is 0 Å². The van der Waals surface area contributed by atoms with Crippen LogP contribution in [-0.2, 0) is 24.8 Å². The molecule has 0 unspecified atom stereocenters. The van der Waals surface area contributed by atoms with Crippen molar-refractivity contribution >= 4 is 25.7 Å². The van der Waals surface area contributed by atoms with Gasteiger partial charge in [-0.2, -0.15) is 4.31 Å². The van der Waals surface area contributed by atoms with Gasteiger partial charge in [-0.05, 0) is 61.4 Å². The van der Waals surface area contributed by atoms with E-state index in [2.05, 4.69) is 4.72 Å². The van der Waals surface area contributed by atoms with Gasteiger partial charge in [-0.1, -0.05) is 6.07 Å². The number of nitrogens with zero attached hydrogens (tertiary/aromatic N) is 1. The molecule has 7 nitrogen and oxygen atoms in total. The second-order valence-electron chi connectivity index (χ2n) is 6.47. The lowest BCUT2D eigenvalue weighted by atomic mass is 10.1. The molecule has 1 aliphatic heterocycles. The molecule has 1 heterocycles. The summed E-state index contributed by atoms with van der Waals surface area (Å²) < 4.78 is 59.5. The average Bonchev–Trinajstić information content (AvgIpc) is 2.61. The first-order valence-corrected chi connectivity index (χ1v) is 11.4. The minimum Gasteiger partial charge on any atom is -0.379 e. The molecule has 0 saturated carbocycles. The Morgan fingerprint density at radius 2 is 1.37 bits per heavy atom. The standard InChI is InChI=1S/C18H22N2O5S2/c1-14-11-15(2)13-16(12-14)19-26(21,22)17-3-5-18(6-4-17)27(23,24)20-7-9-25-10-8-20/h3-6,11-13,19H,7-10H2,1-2H3. The molecule has 0 radical (unpaired) electrons. The molecule has 2 aromatic rings. The molecule has 1 fully saturated rings. The summed E-state index contributed by atoms with van der Waals surface area (Å²) in [6.45, 7) is 5.05. The number of hydrogen-bond donors (Lipinski definition) is 1. The van der Waals surface area contributed by atoms with Gasteiger partial charge < -0.3 is 4.74 Å². The fourth-order valence-corrected chi connectivity index (χ4v) is 5.42. The van der Waals surface area contributed by atoms with E-state index in [1.165, 1.54) is 28.6 Å². The van der Waals surface area contributed by atoms with Gasteiger partial charge in [-0.3, -0.25) is 4.72 Å². The van der Waals surface area contributed by atoms with Gasteiger partial charge in [0.25, 0.3) is 10.0 Å². The van der Waals surface area contributed by atoms with Gasteiger partial charge in [-0.15, -0.1) is 0 Å². The van der Waals surface area contributed by atoms with Crippen LogP contribution in [0.5, 0.6) is 0 Å². The summed E-state index contributed by atoms with van der Waals surface area (Å²) >= 11 is 0. The first-order valence-electron chi connectivity index (χ1n) is 8.47. The van der Waals surface area contributed by atoms with E-state index in [9.17, 15) is 16.8 Å². The number of anilines is 1. The molecule has 0 amide bonds. The molecular weight excluding hydrogens is 388 g/mol. The maximum absolute atomic E-state index is 12.6. The molecule has 2 aromatic carbocycles. The smallest absolute Gasteiger partial charge is 0.261 e. The molecule has 0 spiro atoms. The van der Waals surface area contributed by atoms with Crippen molar-refractivity contribution in [2.75, 3.05) is 31.0 Å². The Morgan fingerprint density at radius 3 is 1.93 bits per heavy atom. The van der Waals surface area contributed by atoms with Gasteiger partial charge >= 0.3 is 0 Å². The minimum atomic E-state index is -3.81. The second-order valence-corrected chi connectivity index (χ2v) is 10.1. The first-order chi connectivity index (χ1) is 12.7. The highest BCUT2D eigenvalue weighted by Gasteiger charge is 2.26. The summed E-state index contributed by atoms with van der Waals surface area (Å²) in [4.78, 5) is 0.0670. The normalized spacial score (nSPS) is 16.2. The van der Waals surface area contributed by atoms with Gasteiger partial charge in [0.1, 0.15) is 0 Å². The van der Waals surface area contributed by atoms with Crippen LogP contribution in [0, 0.1) is 13.8 Å². The van der Waals surface area contributed by atoms with Crippen molar-refractivity contribution in [3.8, 4) is 0 Å². The zero-order valence-corrected chi connectivity index (χ0v) is 16.8. The van der Waals surface area contributed by atoms with Gasteiger partial charge in [-0.25, -0.2) is 16.8 Å². The fourth-order valence-electron chi connectivity index (χ4n) is 2.97. The van der Waals surface area contributed by atoms with Crippen molar-refractivity contribution in [2.24, 2.45) is 0 Å². The van der Waals surface area contributed by atoms with Gasteiger partial charge in [0.05, 0.1) is 23.0 Å². The van der Waals surface area contributed by atoms with E-state index in [1.807, 2.05) is 19.9 Å². The predicted molar refractivity (Wildman–Crippen MR) is 103 cm³/mol. The lowest BCUT2D eigenvalue weighted by molar-refractivity contribution is 0.0730. The lowest BCUT2D eigenvalue weighted by Crippen LogP contribution is -2.40. The number of hydrogen-bond acceptors (Lipinski definition) is 5. The van der Waals surface area contributed by atoms with Crippen LogP contribution < -0.4 is 4.72 Å². The summed E-state index contributed by atoms with van der Waals surface area (Å²) in [5, 5.41) is 0. The third-order valence-electron chi connectivity index (χ3n) is 4.22. The third kappa shape index (κ3) is 4.49. The quantitative estimate of drug-likeness (QED) is 0.815. The Kier molecular flexibility index (Phi) is 5.57. The van der Waals surface area contributed by atoms with E-state index in [-0.39, 0.29) is 22.9 Å². The van der Waals surface area contributed by atoms with E-state index in [0.29, 0.717) is 18.9 Å². The zero-order chi connectivity index (χ0) is 19.7. The molecule has 146 valence electrons. The fraction of sp³-hybridized carbons (Fsp3) is 0.333. The molecule has 1 N–H and O–H groups in total. The Labute approximate surface area is 160 Å². The Morgan fingerprint density at radius 1 is 0.852 bits per heavy atom. The molecule has 0 aromatic heterocycles.